The van der Waals surface area contributed by atoms with Crippen molar-refractivity contribution in [2.45, 2.75) is 31.9 Å². The molecular weight excluding hydrogens is 334 g/mol. The molecule has 2 aromatic carbocycles. The topological polar surface area (TPSA) is 48.3 Å². The quantitative estimate of drug-likeness (QED) is 0.897. The molecule has 0 spiro atoms. The molecule has 0 amide bonds. The molecule has 2 aromatic rings. The van der Waals surface area contributed by atoms with Crippen molar-refractivity contribution in [2.24, 2.45) is 0 Å². The predicted molar refractivity (Wildman–Crippen MR) is 108 cm³/mol. The molecule has 2 heterocycles. The van der Waals surface area contributed by atoms with E-state index in [1.54, 1.807) is 0 Å². The number of nitrogens with zero attached hydrogens (tertiary/aromatic N) is 2. The van der Waals surface area contributed by atoms with Gasteiger partial charge in [-0.05, 0) is 72.6 Å². The minimum atomic E-state index is 0.270. The fraction of sp³-hybridized carbons (Fsp3) is 0.348. The Morgan fingerprint density at radius 2 is 2.04 bits per heavy atom. The van der Waals surface area contributed by atoms with Gasteiger partial charge in [0.15, 0.2) is 0 Å². The van der Waals surface area contributed by atoms with E-state index in [1.807, 2.05) is 12.1 Å². The van der Waals surface area contributed by atoms with Gasteiger partial charge in [0.1, 0.15) is 11.9 Å². The summed E-state index contributed by atoms with van der Waals surface area (Å²) in [6.45, 7) is 2.89. The summed E-state index contributed by atoms with van der Waals surface area (Å²) in [6, 6.07) is 14.9. The fourth-order valence-corrected chi connectivity index (χ4v) is 3.81. The normalized spacial score (nSPS) is 16.7. The lowest BCUT2D eigenvalue weighted by Crippen LogP contribution is -2.34. The number of piperidine rings is 1. The highest BCUT2D eigenvalue weighted by Gasteiger charge is 2.20. The van der Waals surface area contributed by atoms with Crippen LogP contribution < -0.4 is 10.1 Å². The second-order valence-electron chi connectivity index (χ2n) is 7.38. The van der Waals surface area contributed by atoms with Crippen LogP contribution in [0.4, 0.5) is 0 Å². The van der Waals surface area contributed by atoms with Gasteiger partial charge in [0.2, 0.25) is 0 Å². The molecule has 4 rings (SSSR count). The number of hydrogen-bond acceptors (Lipinski definition) is 4. The van der Waals surface area contributed by atoms with Crippen LogP contribution in [-0.4, -0.2) is 31.1 Å². The van der Waals surface area contributed by atoms with Crippen LogP contribution in [0.1, 0.15) is 29.5 Å². The molecule has 0 radical (unpaired) electrons. The summed E-state index contributed by atoms with van der Waals surface area (Å²) in [5, 5.41) is 12.4. The summed E-state index contributed by atoms with van der Waals surface area (Å²) in [5.74, 6) is 0.997. The van der Waals surface area contributed by atoms with Crippen LogP contribution in [0.25, 0.3) is 17.2 Å². The van der Waals surface area contributed by atoms with Crippen LogP contribution in [0.15, 0.2) is 42.6 Å². The molecule has 0 aliphatic carbocycles. The maximum Gasteiger partial charge on any atom is 0.125 e. The highest BCUT2D eigenvalue weighted by molar-refractivity contribution is 5.73. The lowest BCUT2D eigenvalue weighted by Gasteiger charge is -2.29. The molecule has 0 unspecified atom stereocenters. The van der Waals surface area contributed by atoms with Crippen LogP contribution in [0.5, 0.6) is 5.75 Å². The Labute approximate surface area is 161 Å². The molecule has 1 N–H and O–H groups in total. The third-order valence-corrected chi connectivity index (χ3v) is 5.28. The predicted octanol–water partition coefficient (Wildman–Crippen LogP) is 3.97. The third-order valence-electron chi connectivity index (χ3n) is 5.28. The standard InChI is InChI=1S/C23H25N3O/c1-26-12-8-19-14-20(18-4-2-3-17(13-18)5-9-24)15-23(22(19)16-26)27-21-6-10-25-11-7-21/h2-4,8,12-15,21,25H,5-7,10-11,16H2,1H3. The number of nitrogens with one attached hydrogen (secondary N) is 1. The summed E-state index contributed by atoms with van der Waals surface area (Å²) in [6.07, 6.45) is 7.07. The minimum Gasteiger partial charge on any atom is -0.490 e. The van der Waals surface area contributed by atoms with Gasteiger partial charge in [0.05, 0.1) is 12.5 Å². The number of benzene rings is 2. The first kappa shape index (κ1) is 17.6. The van der Waals surface area contributed by atoms with E-state index in [0.29, 0.717) is 6.42 Å². The van der Waals surface area contributed by atoms with E-state index in [0.717, 1.165) is 54.9 Å². The van der Waals surface area contributed by atoms with E-state index < -0.39 is 0 Å². The van der Waals surface area contributed by atoms with Crippen molar-refractivity contribution < 1.29 is 4.74 Å². The zero-order valence-electron chi connectivity index (χ0n) is 15.7. The van der Waals surface area contributed by atoms with Crippen molar-refractivity contribution in [3.8, 4) is 22.9 Å². The molecule has 0 atom stereocenters. The highest BCUT2D eigenvalue weighted by Crippen LogP contribution is 2.35. The minimum absolute atomic E-state index is 0.270. The number of hydrogen-bond donors (Lipinski definition) is 1. The van der Waals surface area contributed by atoms with Gasteiger partial charge in [-0.15, -0.1) is 0 Å². The average molecular weight is 359 g/mol. The van der Waals surface area contributed by atoms with Gasteiger partial charge in [0, 0.05) is 19.2 Å². The third kappa shape index (κ3) is 3.99. The van der Waals surface area contributed by atoms with Gasteiger partial charge < -0.3 is 15.0 Å². The van der Waals surface area contributed by atoms with E-state index in [2.05, 4.69) is 59.9 Å². The van der Waals surface area contributed by atoms with Crippen LogP contribution in [0.3, 0.4) is 0 Å². The maximum absolute atomic E-state index is 9.00. The Kier molecular flexibility index (Phi) is 5.13. The molecule has 0 aromatic heterocycles. The van der Waals surface area contributed by atoms with Crippen molar-refractivity contribution in [1.29, 1.82) is 5.26 Å². The second kappa shape index (κ2) is 7.85. The number of rotatable bonds is 4. The first-order valence-corrected chi connectivity index (χ1v) is 9.62. The fourth-order valence-electron chi connectivity index (χ4n) is 3.81. The van der Waals surface area contributed by atoms with Crippen molar-refractivity contribution in [3.63, 3.8) is 0 Å². The molecule has 0 saturated carbocycles. The second-order valence-corrected chi connectivity index (χ2v) is 7.38. The van der Waals surface area contributed by atoms with Crippen molar-refractivity contribution in [1.82, 2.24) is 10.2 Å². The Morgan fingerprint density at radius 3 is 2.85 bits per heavy atom. The van der Waals surface area contributed by atoms with Gasteiger partial charge in [-0.2, -0.15) is 5.26 Å². The summed E-state index contributed by atoms with van der Waals surface area (Å²) < 4.78 is 6.49. The molecule has 2 aliphatic rings. The van der Waals surface area contributed by atoms with Gasteiger partial charge in [-0.1, -0.05) is 24.3 Å². The van der Waals surface area contributed by atoms with Crippen LogP contribution in [0.2, 0.25) is 0 Å². The summed E-state index contributed by atoms with van der Waals surface area (Å²) in [7, 11) is 2.09. The summed E-state index contributed by atoms with van der Waals surface area (Å²) in [5.41, 5.74) is 5.80. The lowest BCUT2D eigenvalue weighted by atomic mass is 9.95. The Bertz CT molecular complexity index is 891. The van der Waals surface area contributed by atoms with Gasteiger partial charge in [0.25, 0.3) is 0 Å². The average Bonchev–Trinajstić information content (AvgIpc) is 2.69. The molecule has 1 fully saturated rings. The van der Waals surface area contributed by atoms with E-state index >= 15 is 0 Å². The van der Waals surface area contributed by atoms with Crippen molar-refractivity contribution in [3.05, 3.63) is 59.3 Å². The molecule has 27 heavy (non-hydrogen) atoms. The number of fused-ring (bicyclic) bond motifs is 1. The summed E-state index contributed by atoms with van der Waals surface area (Å²) >= 11 is 0. The molecule has 1 saturated heterocycles. The first-order valence-electron chi connectivity index (χ1n) is 9.62. The largest absolute Gasteiger partial charge is 0.490 e. The van der Waals surface area contributed by atoms with E-state index in [9.17, 15) is 0 Å². The van der Waals surface area contributed by atoms with Crippen molar-refractivity contribution in [2.75, 3.05) is 20.1 Å². The Morgan fingerprint density at radius 1 is 1.19 bits per heavy atom. The molecule has 4 heteroatoms. The SMILES string of the molecule is CN1C=Cc2cc(-c3cccc(CC#N)c3)cc(OC3CCNCC3)c2C1. The smallest absolute Gasteiger partial charge is 0.125 e. The van der Waals surface area contributed by atoms with Gasteiger partial charge in [-0.3, -0.25) is 0 Å². The molecule has 4 nitrogen and oxygen atoms in total. The van der Waals surface area contributed by atoms with E-state index in [-0.39, 0.29) is 6.10 Å². The summed E-state index contributed by atoms with van der Waals surface area (Å²) in [4.78, 5) is 2.19. The van der Waals surface area contributed by atoms with Crippen molar-refractivity contribution >= 4 is 6.08 Å². The number of ether oxygens (including phenoxy) is 1. The van der Waals surface area contributed by atoms with E-state index in [4.69, 9.17) is 10.00 Å². The molecule has 2 aliphatic heterocycles. The Balaban J connectivity index is 1.73. The molecular formula is C23H25N3O. The zero-order chi connectivity index (χ0) is 18.6. The lowest BCUT2D eigenvalue weighted by molar-refractivity contribution is 0.160. The Hall–Kier alpha value is -2.77. The zero-order valence-corrected chi connectivity index (χ0v) is 15.7. The van der Waals surface area contributed by atoms with Gasteiger partial charge >= 0.3 is 0 Å². The van der Waals surface area contributed by atoms with Crippen LogP contribution in [-0.2, 0) is 13.0 Å². The molecule has 138 valence electrons. The van der Waals surface area contributed by atoms with E-state index in [1.165, 1.54) is 11.1 Å². The first-order chi connectivity index (χ1) is 13.2. The van der Waals surface area contributed by atoms with Gasteiger partial charge in [-0.25, -0.2) is 0 Å². The monoisotopic (exact) mass is 359 g/mol. The highest BCUT2D eigenvalue weighted by atomic mass is 16.5. The maximum atomic E-state index is 9.00. The number of nitriles is 1. The molecule has 0 bridgehead atoms. The van der Waals surface area contributed by atoms with Crippen LogP contribution >= 0.6 is 0 Å². The van der Waals surface area contributed by atoms with Crippen LogP contribution in [0, 0.1) is 11.3 Å².